The van der Waals surface area contributed by atoms with Crippen molar-refractivity contribution < 1.29 is 9.64 Å². The van der Waals surface area contributed by atoms with Crippen molar-refractivity contribution in [3.63, 3.8) is 0 Å². The number of hydrogen-bond acceptors (Lipinski definition) is 3. The van der Waals surface area contributed by atoms with E-state index in [0.717, 1.165) is 35.8 Å². The number of hydrogen-bond donors (Lipinski definition) is 2. The van der Waals surface area contributed by atoms with Crippen LogP contribution in [0.15, 0.2) is 18.2 Å². The highest BCUT2D eigenvalue weighted by Gasteiger charge is 2.19. The highest BCUT2D eigenvalue weighted by atomic mass is 16.5. The summed E-state index contributed by atoms with van der Waals surface area (Å²) in [7, 11) is 3.92. The van der Waals surface area contributed by atoms with E-state index >= 15 is 0 Å². The fourth-order valence-electron chi connectivity index (χ4n) is 2.35. The number of fused-ring (bicyclic) bond motifs is 1. The molecule has 3 rings (SSSR count). The minimum atomic E-state index is 0.862. The minimum Gasteiger partial charge on any atom is -0.497 e. The molecular weight excluding hydrogens is 228 g/mol. The molecule has 0 spiro atoms. The number of benzene rings is 1. The monoisotopic (exact) mass is 247 g/mol. The van der Waals surface area contributed by atoms with Gasteiger partial charge in [0.2, 0.25) is 5.95 Å². The summed E-state index contributed by atoms with van der Waals surface area (Å²) in [5, 5.41) is 0. The van der Waals surface area contributed by atoms with Crippen LogP contribution in [0.25, 0.3) is 11.0 Å². The molecular formula is C13H19N4O+. The van der Waals surface area contributed by atoms with Gasteiger partial charge in [-0.15, -0.1) is 0 Å². The molecule has 0 atom stereocenters. The van der Waals surface area contributed by atoms with Crippen LogP contribution in [0.1, 0.15) is 0 Å². The molecule has 0 radical (unpaired) electrons. The predicted molar refractivity (Wildman–Crippen MR) is 71.5 cm³/mol. The molecule has 1 aliphatic rings. The number of nitrogens with zero attached hydrogens (tertiary/aromatic N) is 2. The number of aromatic nitrogens is 2. The number of nitrogens with one attached hydrogen (secondary N) is 2. The van der Waals surface area contributed by atoms with Gasteiger partial charge in [0, 0.05) is 6.07 Å². The second-order valence-electron chi connectivity index (χ2n) is 4.89. The van der Waals surface area contributed by atoms with Crippen molar-refractivity contribution in [1.29, 1.82) is 0 Å². The van der Waals surface area contributed by atoms with Crippen LogP contribution in [-0.2, 0) is 0 Å². The Morgan fingerprint density at radius 2 is 2.11 bits per heavy atom. The van der Waals surface area contributed by atoms with Gasteiger partial charge >= 0.3 is 0 Å². The Balaban J connectivity index is 1.88. The zero-order valence-electron chi connectivity index (χ0n) is 10.9. The molecule has 0 unspecified atom stereocenters. The average Bonchev–Trinajstić information content (AvgIpc) is 2.82. The molecule has 96 valence electrons. The van der Waals surface area contributed by atoms with E-state index in [9.17, 15) is 0 Å². The van der Waals surface area contributed by atoms with E-state index in [-0.39, 0.29) is 0 Å². The van der Waals surface area contributed by atoms with Gasteiger partial charge in [0.25, 0.3) is 0 Å². The van der Waals surface area contributed by atoms with Gasteiger partial charge in [-0.05, 0) is 12.1 Å². The summed E-state index contributed by atoms with van der Waals surface area (Å²) in [4.78, 5) is 11.9. The van der Waals surface area contributed by atoms with E-state index in [1.54, 1.807) is 12.0 Å². The number of aromatic amines is 1. The van der Waals surface area contributed by atoms with Crippen LogP contribution in [0.4, 0.5) is 5.95 Å². The van der Waals surface area contributed by atoms with Gasteiger partial charge in [0.15, 0.2) is 0 Å². The van der Waals surface area contributed by atoms with E-state index in [4.69, 9.17) is 4.74 Å². The van der Waals surface area contributed by atoms with Crippen molar-refractivity contribution in [3.8, 4) is 5.75 Å². The number of rotatable bonds is 2. The molecule has 0 aliphatic carbocycles. The lowest BCUT2D eigenvalue weighted by molar-refractivity contribution is -0.880. The van der Waals surface area contributed by atoms with Crippen molar-refractivity contribution in [2.24, 2.45) is 0 Å². The smallest absolute Gasteiger partial charge is 0.204 e. The number of methoxy groups -OCH3 is 1. The van der Waals surface area contributed by atoms with Crippen LogP contribution in [0, 0.1) is 0 Å². The van der Waals surface area contributed by atoms with Crippen LogP contribution in [0.2, 0.25) is 0 Å². The lowest BCUT2D eigenvalue weighted by Gasteiger charge is -2.29. The summed E-state index contributed by atoms with van der Waals surface area (Å²) in [6.07, 6.45) is 0. The third kappa shape index (κ3) is 2.01. The number of piperazine rings is 1. The molecule has 1 aliphatic heterocycles. The number of imidazole rings is 1. The summed E-state index contributed by atoms with van der Waals surface area (Å²) in [5.41, 5.74) is 2.03. The summed E-state index contributed by atoms with van der Waals surface area (Å²) >= 11 is 0. The van der Waals surface area contributed by atoms with Gasteiger partial charge in [-0.1, -0.05) is 0 Å². The molecule has 1 aromatic carbocycles. The molecule has 2 N–H and O–H groups in total. The van der Waals surface area contributed by atoms with Gasteiger partial charge in [0.1, 0.15) is 5.75 Å². The Morgan fingerprint density at radius 3 is 2.83 bits per heavy atom. The van der Waals surface area contributed by atoms with Gasteiger partial charge in [-0.3, -0.25) is 0 Å². The molecule has 1 aromatic heterocycles. The van der Waals surface area contributed by atoms with Gasteiger partial charge < -0.3 is 19.5 Å². The molecule has 5 heteroatoms. The number of ether oxygens (including phenoxy) is 1. The van der Waals surface area contributed by atoms with Crippen molar-refractivity contribution in [1.82, 2.24) is 9.97 Å². The summed E-state index contributed by atoms with van der Waals surface area (Å²) in [6.45, 7) is 4.45. The number of anilines is 1. The van der Waals surface area contributed by atoms with Crippen LogP contribution >= 0.6 is 0 Å². The van der Waals surface area contributed by atoms with Crippen LogP contribution in [0.3, 0.4) is 0 Å². The van der Waals surface area contributed by atoms with Crippen molar-refractivity contribution >= 4 is 17.0 Å². The summed E-state index contributed by atoms with van der Waals surface area (Å²) in [6, 6.07) is 5.93. The zero-order chi connectivity index (χ0) is 12.5. The maximum atomic E-state index is 5.23. The number of quaternary nitrogens is 1. The Kier molecular flexibility index (Phi) is 2.83. The Bertz CT molecular complexity index is 543. The van der Waals surface area contributed by atoms with E-state index < -0.39 is 0 Å². The van der Waals surface area contributed by atoms with Crippen molar-refractivity contribution in [2.75, 3.05) is 45.2 Å². The summed E-state index contributed by atoms with van der Waals surface area (Å²) in [5.74, 6) is 1.84. The second-order valence-corrected chi connectivity index (χ2v) is 4.89. The lowest BCUT2D eigenvalue weighted by Crippen LogP contribution is -3.12. The minimum absolute atomic E-state index is 0.862. The summed E-state index contributed by atoms with van der Waals surface area (Å²) < 4.78 is 5.23. The van der Waals surface area contributed by atoms with E-state index in [0.29, 0.717) is 0 Å². The first-order valence-corrected chi connectivity index (χ1v) is 6.36. The molecule has 5 nitrogen and oxygen atoms in total. The predicted octanol–water partition coefficient (Wildman–Crippen LogP) is -0.0938. The molecule has 18 heavy (non-hydrogen) atoms. The Labute approximate surface area is 106 Å². The van der Waals surface area contributed by atoms with Crippen molar-refractivity contribution in [2.45, 2.75) is 0 Å². The first kappa shape index (κ1) is 11.3. The molecule has 0 amide bonds. The maximum absolute atomic E-state index is 5.23. The van der Waals surface area contributed by atoms with Crippen LogP contribution in [0.5, 0.6) is 5.75 Å². The van der Waals surface area contributed by atoms with Crippen LogP contribution < -0.4 is 14.5 Å². The maximum Gasteiger partial charge on any atom is 0.204 e. The first-order chi connectivity index (χ1) is 8.76. The van der Waals surface area contributed by atoms with Gasteiger partial charge in [-0.2, -0.15) is 0 Å². The molecule has 0 bridgehead atoms. The highest BCUT2D eigenvalue weighted by molar-refractivity contribution is 5.79. The molecule has 1 saturated heterocycles. The lowest BCUT2D eigenvalue weighted by atomic mass is 10.3. The third-order valence-electron chi connectivity index (χ3n) is 3.59. The average molecular weight is 247 g/mol. The highest BCUT2D eigenvalue weighted by Crippen LogP contribution is 2.21. The largest absolute Gasteiger partial charge is 0.497 e. The molecule has 2 heterocycles. The Hall–Kier alpha value is -1.75. The third-order valence-corrected chi connectivity index (χ3v) is 3.59. The van der Waals surface area contributed by atoms with E-state index in [1.165, 1.54) is 13.1 Å². The zero-order valence-corrected chi connectivity index (χ0v) is 10.9. The first-order valence-electron chi connectivity index (χ1n) is 6.36. The normalized spacial score (nSPS) is 17.3. The van der Waals surface area contributed by atoms with Crippen LogP contribution in [-0.4, -0.2) is 50.3 Å². The SMILES string of the molecule is COc1ccc2nc(N3CC[NH+](C)CC3)[nH]c2c1. The molecule has 0 saturated carbocycles. The number of likely N-dealkylation sites (N-methyl/N-ethyl adjacent to an activating group) is 1. The van der Waals surface area contributed by atoms with E-state index in [2.05, 4.69) is 21.9 Å². The van der Waals surface area contributed by atoms with Gasteiger partial charge in [-0.25, -0.2) is 4.98 Å². The van der Waals surface area contributed by atoms with Gasteiger partial charge in [0.05, 0.1) is 51.4 Å². The standard InChI is InChI=1S/C13H18N4O/c1-16-5-7-17(8-6-16)13-14-11-4-3-10(18-2)9-12(11)15-13/h3-4,9H,5-8H2,1-2H3,(H,14,15)/p+1. The fraction of sp³-hybridized carbons (Fsp3) is 0.462. The quantitative estimate of drug-likeness (QED) is 0.779. The second kappa shape index (κ2) is 4.49. The fourth-order valence-corrected chi connectivity index (χ4v) is 2.35. The molecule has 2 aromatic rings. The van der Waals surface area contributed by atoms with E-state index in [1.807, 2.05) is 18.2 Å². The Morgan fingerprint density at radius 1 is 1.33 bits per heavy atom. The number of H-pyrrole nitrogens is 1. The van der Waals surface area contributed by atoms with Crippen molar-refractivity contribution in [3.05, 3.63) is 18.2 Å². The topological polar surface area (TPSA) is 45.6 Å². The molecule has 1 fully saturated rings.